The summed E-state index contributed by atoms with van der Waals surface area (Å²) in [6.45, 7) is 2.88. The molecule has 110 valence electrons. The largest absolute Gasteiger partial charge is 0.487 e. The molecule has 1 fully saturated rings. The summed E-state index contributed by atoms with van der Waals surface area (Å²) in [5, 5.41) is 8.85. The topological polar surface area (TPSA) is 55.8 Å². The minimum atomic E-state index is -0.882. The fraction of sp³-hybridized carbons (Fsp3) is 0.533. The van der Waals surface area contributed by atoms with E-state index in [1.54, 1.807) is 19.1 Å². The van der Waals surface area contributed by atoms with E-state index in [1.807, 2.05) is 0 Å². The van der Waals surface area contributed by atoms with Gasteiger partial charge in [0.2, 0.25) is 0 Å². The third-order valence-corrected chi connectivity index (χ3v) is 3.42. The van der Waals surface area contributed by atoms with Crippen molar-refractivity contribution >= 4 is 5.97 Å². The zero-order chi connectivity index (χ0) is 14.5. The molecule has 0 aliphatic carbocycles. The second-order valence-electron chi connectivity index (χ2n) is 5.14. The molecule has 0 amide bonds. The lowest BCUT2D eigenvalue weighted by Crippen LogP contribution is -2.26. The van der Waals surface area contributed by atoms with Crippen molar-refractivity contribution in [3.63, 3.8) is 0 Å². The Morgan fingerprint density at radius 1 is 1.50 bits per heavy atom. The van der Waals surface area contributed by atoms with E-state index in [0.29, 0.717) is 25.2 Å². The van der Waals surface area contributed by atoms with Crippen LogP contribution in [-0.4, -0.2) is 30.4 Å². The Bertz CT molecular complexity index is 469. The molecule has 1 atom stereocenters. The fourth-order valence-electron chi connectivity index (χ4n) is 2.18. The molecular formula is C15H19FO4. The molecular weight excluding hydrogens is 263 g/mol. The SMILES string of the molecule is CC(Cc1ccc(OC2CCOCC2)c(F)c1)C(=O)O. The number of carboxylic acids is 1. The number of carboxylic acid groups (broad SMARTS) is 1. The molecule has 20 heavy (non-hydrogen) atoms. The highest BCUT2D eigenvalue weighted by atomic mass is 19.1. The van der Waals surface area contributed by atoms with Crippen LogP contribution in [0.25, 0.3) is 0 Å². The molecule has 0 aromatic heterocycles. The van der Waals surface area contributed by atoms with Crippen LogP contribution in [0.4, 0.5) is 4.39 Å². The summed E-state index contributed by atoms with van der Waals surface area (Å²) in [6, 6.07) is 4.65. The summed E-state index contributed by atoms with van der Waals surface area (Å²) in [6.07, 6.45) is 1.82. The minimum absolute atomic E-state index is 0.0120. The summed E-state index contributed by atoms with van der Waals surface area (Å²) in [7, 11) is 0. The molecule has 1 saturated heterocycles. The molecule has 0 saturated carbocycles. The van der Waals surface area contributed by atoms with Crippen molar-refractivity contribution in [1.82, 2.24) is 0 Å². The van der Waals surface area contributed by atoms with Gasteiger partial charge >= 0.3 is 5.97 Å². The Balaban J connectivity index is 1.99. The second-order valence-corrected chi connectivity index (χ2v) is 5.14. The predicted molar refractivity (Wildman–Crippen MR) is 71.4 cm³/mol. The first-order valence-electron chi connectivity index (χ1n) is 6.82. The molecule has 0 radical (unpaired) electrons. The van der Waals surface area contributed by atoms with Crippen LogP contribution in [0.15, 0.2) is 18.2 Å². The Morgan fingerprint density at radius 2 is 2.20 bits per heavy atom. The van der Waals surface area contributed by atoms with Gasteiger partial charge in [0.05, 0.1) is 19.1 Å². The Kier molecular flexibility index (Phi) is 4.95. The molecule has 1 aliphatic heterocycles. The molecule has 1 aromatic carbocycles. The van der Waals surface area contributed by atoms with Crippen LogP contribution >= 0.6 is 0 Å². The number of hydrogen-bond acceptors (Lipinski definition) is 3. The first-order chi connectivity index (χ1) is 9.56. The lowest BCUT2D eigenvalue weighted by molar-refractivity contribution is -0.141. The summed E-state index contributed by atoms with van der Waals surface area (Å²) < 4.78 is 24.8. The van der Waals surface area contributed by atoms with E-state index in [9.17, 15) is 9.18 Å². The predicted octanol–water partition coefficient (Wildman–Crippen LogP) is 2.65. The van der Waals surface area contributed by atoms with Gasteiger partial charge in [0.25, 0.3) is 0 Å². The minimum Gasteiger partial charge on any atom is -0.487 e. The quantitative estimate of drug-likeness (QED) is 0.902. The zero-order valence-electron chi connectivity index (χ0n) is 11.5. The molecule has 1 aromatic rings. The third kappa shape index (κ3) is 3.93. The highest BCUT2D eigenvalue weighted by Gasteiger charge is 2.18. The highest BCUT2D eigenvalue weighted by Crippen LogP contribution is 2.23. The molecule has 5 heteroatoms. The van der Waals surface area contributed by atoms with Gasteiger partial charge in [0.1, 0.15) is 6.10 Å². The summed E-state index contributed by atoms with van der Waals surface area (Å²) >= 11 is 0. The van der Waals surface area contributed by atoms with Crippen molar-refractivity contribution in [2.45, 2.75) is 32.3 Å². The van der Waals surface area contributed by atoms with Crippen LogP contribution in [0.1, 0.15) is 25.3 Å². The van der Waals surface area contributed by atoms with E-state index >= 15 is 0 Å². The van der Waals surface area contributed by atoms with Gasteiger partial charge in [-0.15, -0.1) is 0 Å². The van der Waals surface area contributed by atoms with Gasteiger partial charge in [-0.3, -0.25) is 4.79 Å². The van der Waals surface area contributed by atoms with E-state index in [2.05, 4.69) is 0 Å². The number of aliphatic carboxylic acids is 1. The average Bonchev–Trinajstić information content (AvgIpc) is 2.43. The van der Waals surface area contributed by atoms with E-state index in [4.69, 9.17) is 14.6 Å². The lowest BCUT2D eigenvalue weighted by Gasteiger charge is -2.23. The van der Waals surface area contributed by atoms with Crippen LogP contribution in [0.3, 0.4) is 0 Å². The van der Waals surface area contributed by atoms with Gasteiger partial charge < -0.3 is 14.6 Å². The van der Waals surface area contributed by atoms with Gasteiger partial charge in [-0.2, -0.15) is 0 Å². The van der Waals surface area contributed by atoms with Gasteiger partial charge in [-0.1, -0.05) is 13.0 Å². The molecule has 2 rings (SSSR count). The Morgan fingerprint density at radius 3 is 2.80 bits per heavy atom. The summed E-state index contributed by atoms with van der Waals surface area (Å²) in [5.41, 5.74) is 0.664. The van der Waals surface area contributed by atoms with Crippen LogP contribution in [0, 0.1) is 11.7 Å². The van der Waals surface area contributed by atoms with Crippen LogP contribution in [-0.2, 0) is 16.0 Å². The number of carbonyl (C=O) groups is 1. The molecule has 4 nitrogen and oxygen atoms in total. The summed E-state index contributed by atoms with van der Waals surface area (Å²) in [4.78, 5) is 10.8. The second kappa shape index (κ2) is 6.70. The number of hydrogen-bond donors (Lipinski definition) is 1. The normalized spacial score (nSPS) is 17.7. The Labute approximate surface area is 117 Å². The summed E-state index contributed by atoms with van der Waals surface area (Å²) in [5.74, 6) is -1.63. The van der Waals surface area contributed by atoms with Crippen molar-refractivity contribution in [3.05, 3.63) is 29.6 Å². The van der Waals surface area contributed by atoms with Crippen molar-refractivity contribution < 1.29 is 23.8 Å². The van der Waals surface area contributed by atoms with Crippen molar-refractivity contribution in [2.75, 3.05) is 13.2 Å². The standard InChI is InChI=1S/C15H19FO4/c1-10(15(17)18)8-11-2-3-14(13(16)9-11)20-12-4-6-19-7-5-12/h2-3,9-10,12H,4-8H2,1H3,(H,17,18). The van der Waals surface area contributed by atoms with E-state index in [0.717, 1.165) is 12.8 Å². The zero-order valence-corrected chi connectivity index (χ0v) is 11.5. The smallest absolute Gasteiger partial charge is 0.306 e. The van der Waals surface area contributed by atoms with Gasteiger partial charge in [-0.05, 0) is 24.1 Å². The highest BCUT2D eigenvalue weighted by molar-refractivity contribution is 5.69. The Hall–Kier alpha value is -1.62. The van der Waals surface area contributed by atoms with Gasteiger partial charge in [-0.25, -0.2) is 4.39 Å². The maximum atomic E-state index is 14.0. The molecule has 1 N–H and O–H groups in total. The number of ether oxygens (including phenoxy) is 2. The monoisotopic (exact) mass is 282 g/mol. The van der Waals surface area contributed by atoms with Crippen molar-refractivity contribution in [2.24, 2.45) is 5.92 Å². The maximum Gasteiger partial charge on any atom is 0.306 e. The third-order valence-electron chi connectivity index (χ3n) is 3.42. The lowest BCUT2D eigenvalue weighted by atomic mass is 10.0. The number of halogens is 1. The average molecular weight is 282 g/mol. The first kappa shape index (κ1) is 14.8. The van der Waals surface area contributed by atoms with E-state index in [-0.39, 0.29) is 11.9 Å². The van der Waals surface area contributed by atoms with Crippen molar-refractivity contribution in [1.29, 1.82) is 0 Å². The van der Waals surface area contributed by atoms with Crippen LogP contribution in [0.2, 0.25) is 0 Å². The van der Waals surface area contributed by atoms with E-state index < -0.39 is 17.7 Å². The van der Waals surface area contributed by atoms with Crippen LogP contribution < -0.4 is 4.74 Å². The molecule has 0 bridgehead atoms. The van der Waals surface area contributed by atoms with Crippen molar-refractivity contribution in [3.8, 4) is 5.75 Å². The number of benzene rings is 1. The fourth-order valence-corrected chi connectivity index (χ4v) is 2.18. The molecule has 1 unspecified atom stereocenters. The van der Waals surface area contributed by atoms with Crippen LogP contribution in [0.5, 0.6) is 5.75 Å². The maximum absolute atomic E-state index is 14.0. The molecule has 1 aliphatic rings. The molecule has 1 heterocycles. The first-order valence-corrected chi connectivity index (χ1v) is 6.82. The number of rotatable bonds is 5. The van der Waals surface area contributed by atoms with E-state index in [1.165, 1.54) is 6.07 Å². The molecule has 0 spiro atoms. The van der Waals surface area contributed by atoms with Gasteiger partial charge in [0, 0.05) is 12.8 Å². The van der Waals surface area contributed by atoms with Gasteiger partial charge in [0.15, 0.2) is 11.6 Å².